The predicted octanol–water partition coefficient (Wildman–Crippen LogP) is 5.21. The highest BCUT2D eigenvalue weighted by molar-refractivity contribution is 7.21. The Balaban J connectivity index is 1.70. The summed E-state index contributed by atoms with van der Waals surface area (Å²) in [5.41, 5.74) is -2.02. The second kappa shape index (κ2) is 8.23. The summed E-state index contributed by atoms with van der Waals surface area (Å²) >= 11 is 1.04. The molecule has 0 unspecified atom stereocenters. The second-order valence-corrected chi connectivity index (χ2v) is 8.51. The quantitative estimate of drug-likeness (QED) is 0.371. The molecular weight excluding hydrogens is 462 g/mol. The van der Waals surface area contributed by atoms with Crippen LogP contribution in [-0.2, 0) is 12.1 Å². The lowest BCUT2D eigenvalue weighted by molar-refractivity contribution is -0.269. The first-order valence-electron chi connectivity index (χ1n) is 9.78. The van der Waals surface area contributed by atoms with Crippen LogP contribution in [-0.4, -0.2) is 37.4 Å². The zero-order valence-corrected chi connectivity index (χ0v) is 17.9. The van der Waals surface area contributed by atoms with Crippen molar-refractivity contribution in [3.05, 3.63) is 70.6 Å². The number of fused-ring (bicyclic) bond motifs is 1. The number of aromatic nitrogens is 3. The molecule has 0 amide bonds. The molecule has 11 heteroatoms. The first-order valence-corrected chi connectivity index (χ1v) is 10.6. The number of carbonyl (C=O) groups is 1. The normalized spacial score (nSPS) is 13.9. The summed E-state index contributed by atoms with van der Waals surface area (Å²) in [5.74, 6) is -1.56. The van der Waals surface area contributed by atoms with E-state index in [4.69, 9.17) is 0 Å². The van der Waals surface area contributed by atoms with E-state index in [2.05, 4.69) is 10.3 Å². The van der Waals surface area contributed by atoms with Gasteiger partial charge in [0, 0.05) is 15.6 Å². The highest BCUT2D eigenvalue weighted by atomic mass is 32.1. The lowest BCUT2D eigenvalue weighted by Gasteiger charge is -2.26. The summed E-state index contributed by atoms with van der Waals surface area (Å²) < 4.78 is 55.0. The van der Waals surface area contributed by atoms with Gasteiger partial charge >= 0.3 is 12.1 Å². The molecule has 0 saturated carbocycles. The molecule has 2 heterocycles. The van der Waals surface area contributed by atoms with E-state index in [-0.39, 0.29) is 11.4 Å². The molecule has 0 radical (unpaired) electrons. The van der Waals surface area contributed by atoms with Crippen LogP contribution in [0.1, 0.15) is 34.3 Å². The molecule has 4 rings (SSSR count). The van der Waals surface area contributed by atoms with Gasteiger partial charge in [0.1, 0.15) is 16.4 Å². The summed E-state index contributed by atoms with van der Waals surface area (Å²) in [6, 6.07) is 10.6. The number of benzene rings is 2. The Hall–Kier alpha value is -3.31. The van der Waals surface area contributed by atoms with E-state index in [1.807, 2.05) is 0 Å². The smallest absolute Gasteiger partial charge is 0.423 e. The maximum Gasteiger partial charge on any atom is 0.423 e. The Kier molecular flexibility index (Phi) is 5.71. The number of thiophene rings is 1. The highest BCUT2D eigenvalue weighted by Gasteiger charge is 2.55. The van der Waals surface area contributed by atoms with E-state index >= 15 is 0 Å². The van der Waals surface area contributed by atoms with Crippen molar-refractivity contribution in [3.8, 4) is 11.1 Å². The number of aliphatic hydroxyl groups is 1. The predicted molar refractivity (Wildman–Crippen MR) is 114 cm³/mol. The second-order valence-electron chi connectivity index (χ2n) is 7.46. The van der Waals surface area contributed by atoms with Crippen molar-refractivity contribution in [1.82, 2.24) is 15.0 Å². The molecule has 2 aromatic carbocycles. The van der Waals surface area contributed by atoms with Crippen LogP contribution in [0.4, 0.5) is 17.6 Å². The summed E-state index contributed by atoms with van der Waals surface area (Å²) in [5, 5.41) is 27.6. The van der Waals surface area contributed by atoms with E-state index in [0.29, 0.717) is 26.8 Å². The fourth-order valence-electron chi connectivity index (χ4n) is 3.57. The summed E-state index contributed by atoms with van der Waals surface area (Å²) in [6.45, 7) is 1.27. The Morgan fingerprint density at radius 2 is 1.85 bits per heavy atom. The SMILES string of the molecule is CC[C@](O)(c1cn(Cc2ccc3c(-c4ccc(F)cc4)c(C(=O)O)sc3c2)nn1)C(F)(F)F. The van der Waals surface area contributed by atoms with Crippen molar-refractivity contribution in [1.29, 1.82) is 0 Å². The maximum atomic E-state index is 13.3. The van der Waals surface area contributed by atoms with Crippen LogP contribution in [0.2, 0.25) is 0 Å². The van der Waals surface area contributed by atoms with Crippen LogP contribution in [0.3, 0.4) is 0 Å². The molecule has 0 spiro atoms. The summed E-state index contributed by atoms with van der Waals surface area (Å²) in [6.07, 6.45) is -4.47. The number of rotatable bonds is 6. The van der Waals surface area contributed by atoms with Gasteiger partial charge in [-0.2, -0.15) is 13.2 Å². The average Bonchev–Trinajstić information content (AvgIpc) is 3.38. The Morgan fingerprint density at radius 3 is 2.45 bits per heavy atom. The third kappa shape index (κ3) is 4.09. The number of aromatic carboxylic acids is 1. The minimum atomic E-state index is -4.90. The third-order valence-corrected chi connectivity index (χ3v) is 6.51. The van der Waals surface area contributed by atoms with Crippen LogP contribution in [0.15, 0.2) is 48.7 Å². The minimum Gasteiger partial charge on any atom is -0.477 e. The molecule has 172 valence electrons. The van der Waals surface area contributed by atoms with E-state index in [1.165, 1.54) is 35.9 Å². The van der Waals surface area contributed by atoms with Gasteiger partial charge in [0.05, 0.1) is 12.7 Å². The zero-order valence-electron chi connectivity index (χ0n) is 17.1. The maximum absolute atomic E-state index is 13.3. The van der Waals surface area contributed by atoms with Crippen molar-refractivity contribution < 1.29 is 32.6 Å². The number of nitrogens with zero attached hydrogens (tertiary/aromatic N) is 3. The standard InChI is InChI=1S/C22H17F4N3O3S/c1-2-21(32,22(24,25)26)17-11-29(28-27-17)10-12-3-8-15-16(9-12)33-19(20(30)31)18(15)13-4-6-14(23)7-5-13/h3-9,11,32H,2,10H2,1H3,(H,30,31)/t21-/m0/s1. The van der Waals surface area contributed by atoms with Gasteiger partial charge in [-0.05, 0) is 35.7 Å². The van der Waals surface area contributed by atoms with Crippen LogP contribution in [0, 0.1) is 5.82 Å². The number of alkyl halides is 3. The molecule has 4 aromatic rings. The third-order valence-electron chi connectivity index (χ3n) is 5.37. The van der Waals surface area contributed by atoms with E-state index in [0.717, 1.165) is 17.5 Å². The molecule has 6 nitrogen and oxygen atoms in total. The largest absolute Gasteiger partial charge is 0.477 e. The molecule has 0 aliphatic heterocycles. The van der Waals surface area contributed by atoms with Gasteiger partial charge in [-0.15, -0.1) is 16.4 Å². The van der Waals surface area contributed by atoms with E-state index in [9.17, 15) is 32.6 Å². The zero-order chi connectivity index (χ0) is 24.0. The number of carboxylic acid groups (broad SMARTS) is 1. The van der Waals surface area contributed by atoms with Gasteiger partial charge < -0.3 is 10.2 Å². The molecule has 0 bridgehead atoms. The minimum absolute atomic E-state index is 0.0623. The van der Waals surface area contributed by atoms with Crippen molar-refractivity contribution in [3.63, 3.8) is 0 Å². The Labute approximate surface area is 188 Å². The topological polar surface area (TPSA) is 88.2 Å². The molecule has 2 N–H and O–H groups in total. The van der Waals surface area contributed by atoms with Gasteiger partial charge in [0.15, 0.2) is 0 Å². The molecular formula is C22H17F4N3O3S. The molecule has 2 aromatic heterocycles. The van der Waals surface area contributed by atoms with Gasteiger partial charge in [-0.3, -0.25) is 0 Å². The lowest BCUT2D eigenvalue weighted by Crippen LogP contribution is -2.42. The monoisotopic (exact) mass is 479 g/mol. The fraction of sp³-hybridized carbons (Fsp3) is 0.227. The highest BCUT2D eigenvalue weighted by Crippen LogP contribution is 2.41. The molecule has 0 aliphatic rings. The van der Waals surface area contributed by atoms with E-state index in [1.54, 1.807) is 18.2 Å². The van der Waals surface area contributed by atoms with Crippen molar-refractivity contribution in [2.45, 2.75) is 31.7 Å². The van der Waals surface area contributed by atoms with Crippen molar-refractivity contribution >= 4 is 27.4 Å². The van der Waals surface area contributed by atoms with Crippen molar-refractivity contribution in [2.75, 3.05) is 0 Å². The Morgan fingerprint density at radius 1 is 1.15 bits per heavy atom. The summed E-state index contributed by atoms with van der Waals surface area (Å²) in [4.78, 5) is 11.9. The fourth-order valence-corrected chi connectivity index (χ4v) is 4.70. The molecule has 1 atom stereocenters. The molecule has 0 saturated heterocycles. The van der Waals surface area contributed by atoms with Crippen LogP contribution >= 0.6 is 11.3 Å². The van der Waals surface area contributed by atoms with Gasteiger partial charge in [0.2, 0.25) is 5.60 Å². The Bertz CT molecular complexity index is 1330. The van der Waals surface area contributed by atoms with Gasteiger partial charge in [0.25, 0.3) is 0 Å². The van der Waals surface area contributed by atoms with E-state index < -0.39 is 35.7 Å². The molecule has 0 aliphatic carbocycles. The van der Waals surface area contributed by atoms with Crippen molar-refractivity contribution in [2.24, 2.45) is 0 Å². The lowest BCUT2D eigenvalue weighted by atomic mass is 9.96. The van der Waals surface area contributed by atoms with Gasteiger partial charge in [-0.25, -0.2) is 13.9 Å². The number of halogens is 4. The van der Waals surface area contributed by atoms with Crippen LogP contribution in [0.25, 0.3) is 21.2 Å². The first kappa shape index (κ1) is 22.9. The number of hydrogen-bond donors (Lipinski definition) is 2. The molecule has 33 heavy (non-hydrogen) atoms. The first-order chi connectivity index (χ1) is 15.5. The van der Waals surface area contributed by atoms with Gasteiger partial charge in [-0.1, -0.05) is 36.4 Å². The number of hydrogen-bond acceptors (Lipinski definition) is 5. The van der Waals surface area contributed by atoms with Crippen LogP contribution in [0.5, 0.6) is 0 Å². The summed E-state index contributed by atoms with van der Waals surface area (Å²) in [7, 11) is 0. The average molecular weight is 479 g/mol. The molecule has 0 fully saturated rings. The van der Waals surface area contributed by atoms with Crippen LogP contribution < -0.4 is 0 Å². The number of carboxylic acids is 1.